The molecular weight excluding hydrogens is 224 g/mol. The second-order valence-electron chi connectivity index (χ2n) is 4.71. The standard InChI is InChI=1S/C15H19N2O/c1-3-9-17-10-11(4-2)12-7-5-6-8-13(12)14(17)15(16)18/h3,6-8,11,14H,1,4,9-10H2,2H3,(H2,16,18). The summed E-state index contributed by atoms with van der Waals surface area (Å²) in [7, 11) is 0. The van der Waals surface area contributed by atoms with Crippen molar-refractivity contribution in [2.24, 2.45) is 5.73 Å². The quantitative estimate of drug-likeness (QED) is 0.822. The molecular formula is C15H19N2O. The van der Waals surface area contributed by atoms with E-state index < -0.39 is 0 Å². The minimum atomic E-state index is -0.338. The summed E-state index contributed by atoms with van der Waals surface area (Å²) in [5.41, 5.74) is 7.81. The van der Waals surface area contributed by atoms with Gasteiger partial charge >= 0.3 is 0 Å². The van der Waals surface area contributed by atoms with Crippen LogP contribution < -0.4 is 5.73 Å². The molecule has 3 heteroatoms. The Balaban J connectivity index is 2.47. The Morgan fingerprint density at radius 1 is 1.67 bits per heavy atom. The van der Waals surface area contributed by atoms with E-state index in [0.717, 1.165) is 18.5 Å². The van der Waals surface area contributed by atoms with Crippen molar-refractivity contribution in [3.8, 4) is 0 Å². The molecule has 0 fully saturated rings. The van der Waals surface area contributed by atoms with E-state index >= 15 is 0 Å². The molecule has 2 N–H and O–H groups in total. The van der Waals surface area contributed by atoms with Crippen LogP contribution in [0, 0.1) is 6.07 Å². The van der Waals surface area contributed by atoms with Crippen LogP contribution in [-0.2, 0) is 4.79 Å². The van der Waals surface area contributed by atoms with Crippen LogP contribution in [0.4, 0.5) is 0 Å². The van der Waals surface area contributed by atoms with Crippen molar-refractivity contribution < 1.29 is 4.79 Å². The van der Waals surface area contributed by atoms with Crippen LogP contribution in [0.2, 0.25) is 0 Å². The first-order valence-electron chi connectivity index (χ1n) is 6.33. The maximum absolute atomic E-state index is 11.7. The Labute approximate surface area is 108 Å². The molecule has 2 unspecified atom stereocenters. The van der Waals surface area contributed by atoms with E-state index in [9.17, 15) is 4.79 Å². The predicted octanol–water partition coefficient (Wildman–Crippen LogP) is 2.01. The van der Waals surface area contributed by atoms with Gasteiger partial charge in [-0.05, 0) is 29.5 Å². The smallest absolute Gasteiger partial charge is 0.239 e. The monoisotopic (exact) mass is 243 g/mol. The molecule has 1 aliphatic rings. The maximum atomic E-state index is 11.7. The van der Waals surface area contributed by atoms with Gasteiger partial charge in [0, 0.05) is 13.1 Å². The lowest BCUT2D eigenvalue weighted by Gasteiger charge is -2.39. The number of nitrogens with zero attached hydrogens (tertiary/aromatic N) is 1. The highest BCUT2D eigenvalue weighted by molar-refractivity contribution is 5.82. The summed E-state index contributed by atoms with van der Waals surface area (Å²) in [6.07, 6.45) is 2.87. The highest BCUT2D eigenvalue weighted by atomic mass is 16.1. The van der Waals surface area contributed by atoms with Gasteiger partial charge in [0.25, 0.3) is 0 Å². The van der Waals surface area contributed by atoms with Gasteiger partial charge in [-0.2, -0.15) is 0 Å². The van der Waals surface area contributed by atoms with Crippen LogP contribution in [0.3, 0.4) is 0 Å². The molecule has 0 saturated carbocycles. The first kappa shape index (κ1) is 12.8. The third-order valence-corrected chi connectivity index (χ3v) is 3.61. The zero-order chi connectivity index (χ0) is 13.1. The second kappa shape index (κ2) is 5.36. The van der Waals surface area contributed by atoms with Crippen molar-refractivity contribution in [1.29, 1.82) is 0 Å². The number of hydrogen-bond donors (Lipinski definition) is 1. The molecule has 1 amide bonds. The molecule has 0 saturated heterocycles. The van der Waals surface area contributed by atoms with E-state index in [0.29, 0.717) is 12.5 Å². The normalized spacial score (nSPS) is 23.4. The van der Waals surface area contributed by atoms with Crippen LogP contribution >= 0.6 is 0 Å². The zero-order valence-electron chi connectivity index (χ0n) is 10.7. The number of rotatable bonds is 4. The van der Waals surface area contributed by atoms with Gasteiger partial charge in [0.05, 0.1) is 0 Å². The van der Waals surface area contributed by atoms with Gasteiger partial charge in [-0.25, -0.2) is 0 Å². The molecule has 18 heavy (non-hydrogen) atoms. The molecule has 95 valence electrons. The van der Waals surface area contributed by atoms with Gasteiger partial charge < -0.3 is 5.73 Å². The third-order valence-electron chi connectivity index (χ3n) is 3.61. The first-order chi connectivity index (χ1) is 8.69. The Bertz CT molecular complexity index is 456. The molecule has 2 rings (SSSR count). The van der Waals surface area contributed by atoms with Gasteiger partial charge in [0.2, 0.25) is 5.91 Å². The van der Waals surface area contributed by atoms with Crippen molar-refractivity contribution in [1.82, 2.24) is 4.90 Å². The van der Waals surface area contributed by atoms with Crippen LogP contribution in [0.15, 0.2) is 30.9 Å². The summed E-state index contributed by atoms with van der Waals surface area (Å²) in [6, 6.07) is 8.56. The molecule has 1 heterocycles. The fourth-order valence-electron chi connectivity index (χ4n) is 2.77. The topological polar surface area (TPSA) is 46.3 Å². The molecule has 0 aliphatic carbocycles. The minimum Gasteiger partial charge on any atom is -0.368 e. The summed E-state index contributed by atoms with van der Waals surface area (Å²) in [6.45, 7) is 7.45. The van der Waals surface area contributed by atoms with E-state index in [1.807, 2.05) is 24.3 Å². The summed E-state index contributed by atoms with van der Waals surface area (Å²) in [5, 5.41) is 0. The summed E-state index contributed by atoms with van der Waals surface area (Å²) >= 11 is 0. The fraction of sp³-hybridized carbons (Fsp3) is 0.400. The first-order valence-corrected chi connectivity index (χ1v) is 6.33. The highest BCUT2D eigenvalue weighted by Gasteiger charge is 2.34. The Kier molecular flexibility index (Phi) is 3.82. The van der Waals surface area contributed by atoms with E-state index in [4.69, 9.17) is 5.73 Å². The largest absolute Gasteiger partial charge is 0.368 e. The SMILES string of the molecule is C=CCN1CC(CC)c2c[c]ccc2C1C(N)=O. The molecule has 1 aromatic carbocycles. The van der Waals surface area contributed by atoms with Gasteiger partial charge in [0.1, 0.15) is 6.04 Å². The summed E-state index contributed by atoms with van der Waals surface area (Å²) in [5.74, 6) is 0.145. The predicted molar refractivity (Wildman–Crippen MR) is 72.0 cm³/mol. The van der Waals surface area contributed by atoms with Crippen molar-refractivity contribution >= 4 is 5.91 Å². The number of primary amides is 1. The lowest BCUT2D eigenvalue weighted by Crippen LogP contribution is -2.44. The van der Waals surface area contributed by atoms with E-state index in [2.05, 4.69) is 24.5 Å². The van der Waals surface area contributed by atoms with Crippen molar-refractivity contribution in [3.05, 3.63) is 48.0 Å². The van der Waals surface area contributed by atoms with Gasteiger partial charge in [-0.1, -0.05) is 31.2 Å². The Morgan fingerprint density at radius 3 is 3.06 bits per heavy atom. The molecule has 0 bridgehead atoms. The number of amides is 1. The van der Waals surface area contributed by atoms with Gasteiger partial charge in [-0.15, -0.1) is 6.58 Å². The number of carbonyl (C=O) groups is 1. The van der Waals surface area contributed by atoms with Gasteiger partial charge in [0.15, 0.2) is 0 Å². The van der Waals surface area contributed by atoms with Crippen LogP contribution in [0.1, 0.15) is 36.4 Å². The van der Waals surface area contributed by atoms with Crippen molar-refractivity contribution in [3.63, 3.8) is 0 Å². The fourth-order valence-corrected chi connectivity index (χ4v) is 2.77. The van der Waals surface area contributed by atoms with E-state index in [1.165, 1.54) is 5.56 Å². The molecule has 0 aromatic heterocycles. The zero-order valence-corrected chi connectivity index (χ0v) is 10.7. The molecule has 0 spiro atoms. The van der Waals surface area contributed by atoms with Gasteiger partial charge in [-0.3, -0.25) is 9.69 Å². The van der Waals surface area contributed by atoms with Crippen molar-refractivity contribution in [2.75, 3.05) is 13.1 Å². The Hall–Kier alpha value is -1.61. The van der Waals surface area contributed by atoms with Crippen LogP contribution in [0.5, 0.6) is 0 Å². The molecule has 1 radical (unpaired) electrons. The number of fused-ring (bicyclic) bond motifs is 1. The summed E-state index contributed by atoms with van der Waals surface area (Å²) in [4.78, 5) is 13.8. The molecule has 3 nitrogen and oxygen atoms in total. The average Bonchev–Trinajstić information content (AvgIpc) is 2.37. The lowest BCUT2D eigenvalue weighted by molar-refractivity contribution is -0.123. The number of carbonyl (C=O) groups excluding carboxylic acids is 1. The van der Waals surface area contributed by atoms with E-state index in [1.54, 1.807) is 0 Å². The Morgan fingerprint density at radius 2 is 2.44 bits per heavy atom. The molecule has 2 atom stereocenters. The lowest BCUT2D eigenvalue weighted by atomic mass is 9.83. The number of hydrogen-bond acceptors (Lipinski definition) is 2. The second-order valence-corrected chi connectivity index (χ2v) is 4.71. The minimum absolute atomic E-state index is 0.293. The van der Waals surface area contributed by atoms with E-state index in [-0.39, 0.29) is 11.9 Å². The summed E-state index contributed by atoms with van der Waals surface area (Å²) < 4.78 is 0. The highest BCUT2D eigenvalue weighted by Crippen LogP contribution is 2.36. The average molecular weight is 243 g/mol. The maximum Gasteiger partial charge on any atom is 0.239 e. The molecule has 1 aromatic rings. The number of benzene rings is 1. The molecule has 1 aliphatic heterocycles. The van der Waals surface area contributed by atoms with Crippen molar-refractivity contribution in [2.45, 2.75) is 25.3 Å². The third kappa shape index (κ3) is 2.18. The number of nitrogens with two attached hydrogens (primary N) is 1. The van der Waals surface area contributed by atoms with Crippen LogP contribution in [0.25, 0.3) is 0 Å². The van der Waals surface area contributed by atoms with Crippen LogP contribution in [-0.4, -0.2) is 23.9 Å².